The van der Waals surface area contributed by atoms with Crippen LogP contribution in [0, 0.1) is 5.92 Å². The summed E-state index contributed by atoms with van der Waals surface area (Å²) in [6, 6.07) is 21.2. The first-order valence-electron chi connectivity index (χ1n) is 12.8. The van der Waals surface area contributed by atoms with Crippen molar-refractivity contribution in [2.75, 3.05) is 0 Å². The third-order valence-corrected chi connectivity index (χ3v) is 6.82. The quantitative estimate of drug-likeness (QED) is 0.347. The molecule has 0 aliphatic carbocycles. The standard InChI is InChI=1S/C26H36N2O.C2HF3O2/c1-3-7-26(27-19(2)16-20-17-22-12-13-23(18-20)28-22)21-10-14-25(15-11-21)29-24-8-5-4-6-9-24;3-2(4,5)1(6)7/h4-6,8-11,14-15,19-20,22-23,26-28H,3,7,12-13,16-18H2,1-2H3;(H,6,7). The largest absolute Gasteiger partial charge is 0.490 e. The van der Waals surface area contributed by atoms with Crippen LogP contribution in [0.25, 0.3) is 0 Å². The van der Waals surface area contributed by atoms with Crippen molar-refractivity contribution in [2.24, 2.45) is 5.92 Å². The second kappa shape index (κ2) is 13.1. The SMILES string of the molecule is CCCC(NC(C)CC1CC2CCC(C1)N2)c1ccc(Oc2ccccc2)cc1.O=C(O)C(F)(F)F. The fourth-order valence-electron chi connectivity index (χ4n) is 5.31. The molecule has 5 nitrogen and oxygen atoms in total. The topological polar surface area (TPSA) is 70.6 Å². The molecule has 8 heteroatoms. The van der Waals surface area contributed by atoms with E-state index in [1.807, 2.05) is 30.3 Å². The first kappa shape index (κ1) is 28.0. The van der Waals surface area contributed by atoms with Gasteiger partial charge in [-0.1, -0.05) is 43.7 Å². The highest BCUT2D eigenvalue weighted by molar-refractivity contribution is 5.73. The maximum absolute atomic E-state index is 10.6. The number of carboxylic acid groups (broad SMARTS) is 1. The number of benzene rings is 2. The smallest absolute Gasteiger partial charge is 0.475 e. The van der Waals surface area contributed by atoms with Gasteiger partial charge < -0.3 is 20.5 Å². The van der Waals surface area contributed by atoms with Gasteiger partial charge in [0.15, 0.2) is 0 Å². The molecular formula is C28H37F3N2O3. The monoisotopic (exact) mass is 506 g/mol. The van der Waals surface area contributed by atoms with Crippen LogP contribution in [0.4, 0.5) is 13.2 Å². The molecular weight excluding hydrogens is 469 g/mol. The maximum atomic E-state index is 10.6. The Morgan fingerprint density at radius 2 is 1.61 bits per heavy atom. The van der Waals surface area contributed by atoms with E-state index in [9.17, 15) is 13.2 Å². The lowest BCUT2D eigenvalue weighted by Crippen LogP contribution is -2.40. The normalized spacial score (nSPS) is 22.8. The van der Waals surface area contributed by atoms with Gasteiger partial charge in [-0.05, 0) is 81.2 Å². The van der Waals surface area contributed by atoms with E-state index in [-0.39, 0.29) is 0 Å². The van der Waals surface area contributed by atoms with Gasteiger partial charge in [-0.15, -0.1) is 0 Å². The number of hydrogen-bond acceptors (Lipinski definition) is 4. The van der Waals surface area contributed by atoms with Crippen molar-refractivity contribution < 1.29 is 27.8 Å². The van der Waals surface area contributed by atoms with Gasteiger partial charge in [0.1, 0.15) is 11.5 Å². The fourth-order valence-corrected chi connectivity index (χ4v) is 5.31. The van der Waals surface area contributed by atoms with Gasteiger partial charge >= 0.3 is 12.1 Å². The van der Waals surface area contributed by atoms with Crippen molar-refractivity contribution in [1.82, 2.24) is 10.6 Å². The summed E-state index contributed by atoms with van der Waals surface area (Å²) >= 11 is 0. The van der Waals surface area contributed by atoms with E-state index in [0.717, 1.165) is 29.5 Å². The zero-order valence-corrected chi connectivity index (χ0v) is 20.9. The van der Waals surface area contributed by atoms with E-state index in [1.165, 1.54) is 50.5 Å². The number of carboxylic acids is 1. The summed E-state index contributed by atoms with van der Waals surface area (Å²) in [6.45, 7) is 4.65. The molecule has 2 heterocycles. The molecule has 2 aromatic rings. The third kappa shape index (κ3) is 8.82. The van der Waals surface area contributed by atoms with Gasteiger partial charge in [-0.25, -0.2) is 4.79 Å². The number of aliphatic carboxylic acids is 1. The number of para-hydroxylation sites is 1. The zero-order valence-electron chi connectivity index (χ0n) is 20.9. The van der Waals surface area contributed by atoms with E-state index in [2.05, 4.69) is 48.7 Å². The molecule has 3 N–H and O–H groups in total. The van der Waals surface area contributed by atoms with E-state index < -0.39 is 12.1 Å². The van der Waals surface area contributed by atoms with Crippen LogP contribution in [-0.4, -0.2) is 35.4 Å². The summed E-state index contributed by atoms with van der Waals surface area (Å²) in [5.74, 6) is -0.103. The van der Waals surface area contributed by atoms with E-state index >= 15 is 0 Å². The van der Waals surface area contributed by atoms with Gasteiger partial charge in [-0.3, -0.25) is 0 Å². The number of nitrogens with one attached hydrogen (secondary N) is 2. The lowest BCUT2D eigenvalue weighted by molar-refractivity contribution is -0.192. The summed E-state index contributed by atoms with van der Waals surface area (Å²) in [4.78, 5) is 8.90. The molecule has 2 fully saturated rings. The second-order valence-electron chi connectivity index (χ2n) is 9.91. The van der Waals surface area contributed by atoms with Crippen molar-refractivity contribution in [3.8, 4) is 11.5 Å². The Hall–Kier alpha value is -2.58. The first-order valence-corrected chi connectivity index (χ1v) is 12.8. The summed E-state index contributed by atoms with van der Waals surface area (Å²) in [7, 11) is 0. The molecule has 4 unspecified atom stereocenters. The summed E-state index contributed by atoms with van der Waals surface area (Å²) in [6.07, 6.45) is 4.07. The highest BCUT2D eigenvalue weighted by Crippen LogP contribution is 2.34. The van der Waals surface area contributed by atoms with Gasteiger partial charge in [0.05, 0.1) is 0 Å². The molecule has 2 aromatic carbocycles. The maximum Gasteiger partial charge on any atom is 0.490 e. The van der Waals surface area contributed by atoms with E-state index in [0.29, 0.717) is 12.1 Å². The molecule has 4 atom stereocenters. The van der Waals surface area contributed by atoms with Gasteiger partial charge in [0.2, 0.25) is 0 Å². The number of piperidine rings is 1. The highest BCUT2D eigenvalue weighted by atomic mass is 19.4. The van der Waals surface area contributed by atoms with Crippen molar-refractivity contribution >= 4 is 5.97 Å². The van der Waals surface area contributed by atoms with Crippen molar-refractivity contribution in [1.29, 1.82) is 0 Å². The fraction of sp³-hybridized carbons (Fsp3) is 0.536. The predicted molar refractivity (Wildman–Crippen MR) is 134 cm³/mol. The van der Waals surface area contributed by atoms with Crippen LogP contribution in [0.2, 0.25) is 0 Å². The van der Waals surface area contributed by atoms with Gasteiger partial charge in [-0.2, -0.15) is 13.2 Å². The lowest BCUT2D eigenvalue weighted by atomic mass is 9.87. The van der Waals surface area contributed by atoms with E-state index in [4.69, 9.17) is 14.6 Å². The number of carbonyl (C=O) groups is 1. The molecule has 198 valence electrons. The summed E-state index contributed by atoms with van der Waals surface area (Å²) < 4.78 is 37.7. The molecule has 2 aliphatic heterocycles. The Labute approximate surface area is 211 Å². The van der Waals surface area contributed by atoms with Crippen LogP contribution < -0.4 is 15.4 Å². The Balaban J connectivity index is 0.000000454. The molecule has 0 amide bonds. The van der Waals surface area contributed by atoms with Crippen LogP contribution in [0.1, 0.15) is 70.4 Å². The number of ether oxygens (including phenoxy) is 1. The average Bonchev–Trinajstić information content (AvgIpc) is 3.17. The number of fused-ring (bicyclic) bond motifs is 2. The molecule has 0 aromatic heterocycles. The number of alkyl halides is 3. The first-order chi connectivity index (χ1) is 17.1. The van der Waals surface area contributed by atoms with Gasteiger partial charge in [0.25, 0.3) is 0 Å². The molecule has 2 bridgehead atoms. The summed E-state index contributed by atoms with van der Waals surface area (Å²) in [5.41, 5.74) is 1.37. The zero-order chi connectivity index (χ0) is 26.1. The molecule has 4 rings (SSSR count). The van der Waals surface area contributed by atoms with Crippen LogP contribution in [0.3, 0.4) is 0 Å². The van der Waals surface area contributed by atoms with Crippen molar-refractivity contribution in [3.05, 3.63) is 60.2 Å². The molecule has 0 saturated carbocycles. The van der Waals surface area contributed by atoms with Crippen LogP contribution >= 0.6 is 0 Å². The average molecular weight is 507 g/mol. The van der Waals surface area contributed by atoms with Crippen molar-refractivity contribution in [3.63, 3.8) is 0 Å². The Bertz CT molecular complexity index is 925. The minimum absolute atomic E-state index is 0.416. The molecule has 0 radical (unpaired) electrons. The Morgan fingerprint density at radius 3 is 2.14 bits per heavy atom. The van der Waals surface area contributed by atoms with Crippen molar-refractivity contribution in [2.45, 2.75) is 89.1 Å². The van der Waals surface area contributed by atoms with Crippen LogP contribution in [-0.2, 0) is 4.79 Å². The van der Waals surface area contributed by atoms with Crippen LogP contribution in [0.5, 0.6) is 11.5 Å². The van der Waals surface area contributed by atoms with E-state index in [1.54, 1.807) is 0 Å². The number of halogens is 3. The Kier molecular flexibility index (Phi) is 10.2. The third-order valence-electron chi connectivity index (χ3n) is 6.82. The molecule has 2 saturated heterocycles. The molecule has 36 heavy (non-hydrogen) atoms. The lowest BCUT2D eigenvalue weighted by Gasteiger charge is -2.32. The number of hydrogen-bond donors (Lipinski definition) is 3. The highest BCUT2D eigenvalue weighted by Gasteiger charge is 2.38. The minimum atomic E-state index is -5.08. The van der Waals surface area contributed by atoms with Gasteiger partial charge in [0, 0.05) is 24.2 Å². The molecule has 0 spiro atoms. The van der Waals surface area contributed by atoms with Crippen LogP contribution in [0.15, 0.2) is 54.6 Å². The minimum Gasteiger partial charge on any atom is -0.475 e. The predicted octanol–water partition coefficient (Wildman–Crippen LogP) is 6.85. The Morgan fingerprint density at radius 1 is 1.06 bits per heavy atom. The molecule has 2 aliphatic rings. The second-order valence-corrected chi connectivity index (χ2v) is 9.91. The number of rotatable bonds is 9. The summed E-state index contributed by atoms with van der Waals surface area (Å²) in [5, 5.41) is 14.8.